The van der Waals surface area contributed by atoms with Crippen molar-refractivity contribution in [2.45, 2.75) is 42.4 Å². The lowest BCUT2D eigenvalue weighted by atomic mass is 10.1. The Morgan fingerprint density at radius 1 is 1.44 bits per heavy atom. The molecule has 0 saturated carbocycles. The first-order chi connectivity index (χ1) is 8.65. The smallest absolute Gasteiger partial charge is 0.0476 e. The molecule has 0 amide bonds. The van der Waals surface area contributed by atoms with Gasteiger partial charge >= 0.3 is 0 Å². The Morgan fingerprint density at radius 3 is 2.83 bits per heavy atom. The van der Waals surface area contributed by atoms with E-state index in [1.165, 1.54) is 10.5 Å². The number of hydrogen-bond acceptors (Lipinski definition) is 3. The van der Waals surface area contributed by atoms with E-state index < -0.39 is 0 Å². The van der Waals surface area contributed by atoms with E-state index >= 15 is 0 Å². The molecule has 1 aromatic rings. The van der Waals surface area contributed by atoms with Gasteiger partial charge in [-0.25, -0.2) is 0 Å². The summed E-state index contributed by atoms with van der Waals surface area (Å²) < 4.78 is 5.40. The average molecular weight is 286 g/mol. The maximum atomic E-state index is 6.10. The monoisotopic (exact) mass is 285 g/mol. The number of thioether (sulfide) groups is 1. The summed E-state index contributed by atoms with van der Waals surface area (Å²) in [7, 11) is 0. The highest BCUT2D eigenvalue weighted by molar-refractivity contribution is 8.00. The quantitative estimate of drug-likeness (QED) is 0.920. The molecule has 4 heteroatoms. The Balaban J connectivity index is 2.10. The van der Waals surface area contributed by atoms with E-state index in [2.05, 4.69) is 12.1 Å². The number of nitrogens with two attached hydrogens (primary N) is 1. The predicted molar refractivity (Wildman–Crippen MR) is 78.5 cm³/mol. The highest BCUT2D eigenvalue weighted by Crippen LogP contribution is 2.34. The van der Waals surface area contributed by atoms with Crippen LogP contribution >= 0.6 is 23.4 Å². The van der Waals surface area contributed by atoms with Crippen molar-refractivity contribution in [3.05, 3.63) is 28.8 Å². The van der Waals surface area contributed by atoms with Crippen molar-refractivity contribution in [1.82, 2.24) is 0 Å². The van der Waals surface area contributed by atoms with Gasteiger partial charge in [0.15, 0.2) is 0 Å². The summed E-state index contributed by atoms with van der Waals surface area (Å²) in [6, 6.07) is 6.31. The minimum Gasteiger partial charge on any atom is -0.381 e. The van der Waals surface area contributed by atoms with Gasteiger partial charge in [-0.1, -0.05) is 17.7 Å². The van der Waals surface area contributed by atoms with E-state index in [0.717, 1.165) is 37.5 Å². The summed E-state index contributed by atoms with van der Waals surface area (Å²) in [5, 5.41) is 1.45. The summed E-state index contributed by atoms with van der Waals surface area (Å²) in [5.74, 6) is 0. The van der Waals surface area contributed by atoms with Crippen molar-refractivity contribution >= 4 is 23.4 Å². The highest BCUT2D eigenvalue weighted by atomic mass is 35.5. The molecule has 2 N–H and O–H groups in total. The zero-order valence-corrected chi connectivity index (χ0v) is 12.3. The van der Waals surface area contributed by atoms with E-state index in [0.29, 0.717) is 5.25 Å². The fourth-order valence-electron chi connectivity index (χ4n) is 2.13. The topological polar surface area (TPSA) is 35.2 Å². The molecule has 1 heterocycles. The van der Waals surface area contributed by atoms with Crippen molar-refractivity contribution in [2.75, 3.05) is 13.2 Å². The molecule has 0 aliphatic carbocycles. The number of hydrogen-bond donors (Lipinski definition) is 1. The third kappa shape index (κ3) is 4.16. The third-order valence-electron chi connectivity index (χ3n) is 3.03. The molecule has 0 radical (unpaired) electrons. The van der Waals surface area contributed by atoms with Gasteiger partial charge in [-0.15, -0.1) is 11.8 Å². The van der Waals surface area contributed by atoms with Gasteiger partial charge in [-0.2, -0.15) is 0 Å². The Labute approximate surface area is 118 Å². The Kier molecular flexibility index (Phi) is 5.37. The second-order valence-electron chi connectivity index (χ2n) is 4.86. The molecular weight excluding hydrogens is 266 g/mol. The van der Waals surface area contributed by atoms with Crippen LogP contribution in [-0.2, 0) is 11.2 Å². The Bertz CT molecular complexity index is 391. The molecule has 0 bridgehead atoms. The number of halogens is 1. The summed E-state index contributed by atoms with van der Waals surface area (Å²) in [6.45, 7) is 3.79. The molecule has 1 aliphatic rings. The molecule has 1 aromatic carbocycles. The van der Waals surface area contributed by atoms with Gasteiger partial charge in [0, 0.05) is 34.4 Å². The predicted octanol–water partition coefficient (Wildman–Crippen LogP) is 3.50. The first-order valence-corrected chi connectivity index (χ1v) is 7.69. The fraction of sp³-hybridized carbons (Fsp3) is 0.571. The average Bonchev–Trinajstić information content (AvgIpc) is 2.33. The van der Waals surface area contributed by atoms with Crippen LogP contribution in [0.2, 0.25) is 5.02 Å². The van der Waals surface area contributed by atoms with E-state index in [1.807, 2.05) is 24.8 Å². The SMILES string of the molecule is CC(N)Cc1ccc(Cl)cc1SC1CCOCC1. The van der Waals surface area contributed by atoms with E-state index in [-0.39, 0.29) is 6.04 Å². The molecule has 1 saturated heterocycles. The first kappa shape index (κ1) is 14.2. The number of ether oxygens (including phenoxy) is 1. The van der Waals surface area contributed by atoms with E-state index in [9.17, 15) is 0 Å². The van der Waals surface area contributed by atoms with Crippen LogP contribution < -0.4 is 5.73 Å². The standard InChI is InChI=1S/C14H20ClNOS/c1-10(16)8-11-2-3-12(15)9-14(11)18-13-4-6-17-7-5-13/h2-3,9-10,13H,4-8,16H2,1H3. The van der Waals surface area contributed by atoms with Crippen LogP contribution in [-0.4, -0.2) is 24.5 Å². The first-order valence-electron chi connectivity index (χ1n) is 6.43. The van der Waals surface area contributed by atoms with Crippen molar-refractivity contribution < 1.29 is 4.74 Å². The molecule has 0 spiro atoms. The largest absolute Gasteiger partial charge is 0.381 e. The molecule has 1 atom stereocenters. The van der Waals surface area contributed by atoms with Gasteiger partial charge in [0.2, 0.25) is 0 Å². The normalized spacial score (nSPS) is 18.8. The van der Waals surface area contributed by atoms with Gasteiger partial charge in [-0.3, -0.25) is 0 Å². The third-order valence-corrected chi connectivity index (χ3v) is 4.71. The summed E-state index contributed by atoms with van der Waals surface area (Å²) in [5.41, 5.74) is 7.21. The van der Waals surface area contributed by atoms with Gasteiger partial charge in [0.25, 0.3) is 0 Å². The van der Waals surface area contributed by atoms with Crippen molar-refractivity contribution in [1.29, 1.82) is 0 Å². The molecule has 2 rings (SSSR count). The maximum absolute atomic E-state index is 6.10. The van der Waals surface area contributed by atoms with Crippen LogP contribution in [0.15, 0.2) is 23.1 Å². The van der Waals surface area contributed by atoms with Crippen LogP contribution in [0.25, 0.3) is 0 Å². The fourth-order valence-corrected chi connectivity index (χ4v) is 3.65. The lowest BCUT2D eigenvalue weighted by Crippen LogP contribution is -2.19. The number of rotatable bonds is 4. The van der Waals surface area contributed by atoms with E-state index in [4.69, 9.17) is 22.1 Å². The lowest BCUT2D eigenvalue weighted by molar-refractivity contribution is 0.1000. The molecule has 1 aliphatic heterocycles. The second-order valence-corrected chi connectivity index (χ2v) is 6.64. The van der Waals surface area contributed by atoms with Gasteiger partial charge < -0.3 is 10.5 Å². The summed E-state index contributed by atoms with van der Waals surface area (Å²) >= 11 is 8.03. The van der Waals surface area contributed by atoms with Crippen molar-refractivity contribution in [3.63, 3.8) is 0 Å². The number of benzene rings is 1. The van der Waals surface area contributed by atoms with Gasteiger partial charge in [-0.05, 0) is 43.9 Å². The zero-order valence-electron chi connectivity index (χ0n) is 10.7. The molecule has 1 unspecified atom stereocenters. The molecule has 2 nitrogen and oxygen atoms in total. The van der Waals surface area contributed by atoms with Crippen LogP contribution in [0.4, 0.5) is 0 Å². The Morgan fingerprint density at radius 2 is 2.17 bits per heavy atom. The van der Waals surface area contributed by atoms with Crippen molar-refractivity contribution in [2.24, 2.45) is 5.73 Å². The van der Waals surface area contributed by atoms with Crippen LogP contribution in [0, 0.1) is 0 Å². The maximum Gasteiger partial charge on any atom is 0.0476 e. The minimum absolute atomic E-state index is 0.181. The second kappa shape index (κ2) is 6.80. The summed E-state index contributed by atoms with van der Waals surface area (Å²) in [6.07, 6.45) is 3.15. The van der Waals surface area contributed by atoms with Crippen LogP contribution in [0.3, 0.4) is 0 Å². The molecule has 18 heavy (non-hydrogen) atoms. The zero-order chi connectivity index (χ0) is 13.0. The highest BCUT2D eigenvalue weighted by Gasteiger charge is 2.17. The van der Waals surface area contributed by atoms with Crippen LogP contribution in [0.5, 0.6) is 0 Å². The lowest BCUT2D eigenvalue weighted by Gasteiger charge is -2.23. The van der Waals surface area contributed by atoms with Gasteiger partial charge in [0.1, 0.15) is 0 Å². The van der Waals surface area contributed by atoms with Gasteiger partial charge in [0.05, 0.1) is 0 Å². The van der Waals surface area contributed by atoms with E-state index in [1.54, 1.807) is 0 Å². The molecular formula is C14H20ClNOS. The molecule has 100 valence electrons. The van der Waals surface area contributed by atoms with Crippen LogP contribution in [0.1, 0.15) is 25.3 Å². The van der Waals surface area contributed by atoms with Crippen molar-refractivity contribution in [3.8, 4) is 0 Å². The summed E-state index contributed by atoms with van der Waals surface area (Å²) in [4.78, 5) is 1.28. The molecule has 1 fully saturated rings. The Hall–Kier alpha value is -0.220. The minimum atomic E-state index is 0.181. The molecule has 0 aromatic heterocycles.